The lowest BCUT2D eigenvalue weighted by atomic mass is 10.1. The first-order valence-electron chi connectivity index (χ1n) is 7.68. The Morgan fingerprint density at radius 2 is 2.08 bits per heavy atom. The fourth-order valence-corrected chi connectivity index (χ4v) is 2.75. The summed E-state index contributed by atoms with van der Waals surface area (Å²) in [5.74, 6) is -0.0324. The van der Waals surface area contributed by atoms with Gasteiger partial charge in [-0.3, -0.25) is 4.68 Å². The average molecular weight is 343 g/mol. The quantitative estimate of drug-likeness (QED) is 0.708. The first kappa shape index (κ1) is 16.4. The summed E-state index contributed by atoms with van der Waals surface area (Å²) < 4.78 is 15.5. The minimum atomic E-state index is -0.446. The SMILES string of the molecule is CC(C)Cc1nn(Cc2ccc(Cl)c(F)c2)c2ccc(C#N)nc12. The van der Waals surface area contributed by atoms with E-state index in [0.717, 1.165) is 28.7 Å². The minimum Gasteiger partial charge on any atom is -0.259 e. The van der Waals surface area contributed by atoms with Crippen LogP contribution in [0.2, 0.25) is 5.02 Å². The Morgan fingerprint density at radius 1 is 1.29 bits per heavy atom. The van der Waals surface area contributed by atoms with Crippen LogP contribution >= 0.6 is 11.6 Å². The number of benzene rings is 1. The second-order valence-electron chi connectivity index (χ2n) is 6.13. The zero-order chi connectivity index (χ0) is 17.3. The normalized spacial score (nSPS) is 11.2. The molecule has 0 aliphatic rings. The summed E-state index contributed by atoms with van der Waals surface area (Å²) in [6.45, 7) is 4.62. The van der Waals surface area contributed by atoms with E-state index in [2.05, 4.69) is 30.0 Å². The van der Waals surface area contributed by atoms with Crippen molar-refractivity contribution in [3.63, 3.8) is 0 Å². The topological polar surface area (TPSA) is 54.5 Å². The molecular formula is C18H16ClFN4. The smallest absolute Gasteiger partial charge is 0.142 e. The van der Waals surface area contributed by atoms with Crippen molar-refractivity contribution in [2.45, 2.75) is 26.8 Å². The fourth-order valence-electron chi connectivity index (χ4n) is 2.64. The third kappa shape index (κ3) is 3.24. The van der Waals surface area contributed by atoms with Crippen molar-refractivity contribution in [2.75, 3.05) is 0 Å². The standard InChI is InChI=1S/C18H16ClFN4/c1-11(2)7-16-18-17(6-4-13(9-21)22-18)24(23-16)10-12-3-5-14(19)15(20)8-12/h3-6,8,11H,7,10H2,1-2H3. The van der Waals surface area contributed by atoms with Crippen LogP contribution in [-0.4, -0.2) is 14.8 Å². The summed E-state index contributed by atoms with van der Waals surface area (Å²) >= 11 is 5.74. The van der Waals surface area contributed by atoms with Gasteiger partial charge in [0.25, 0.3) is 0 Å². The Kier molecular flexibility index (Phi) is 4.50. The number of aromatic nitrogens is 3. The number of rotatable bonds is 4. The van der Waals surface area contributed by atoms with Gasteiger partial charge in [0.1, 0.15) is 23.1 Å². The average Bonchev–Trinajstić information content (AvgIpc) is 2.87. The molecule has 0 fully saturated rings. The number of nitriles is 1. The number of halogens is 2. The second-order valence-corrected chi connectivity index (χ2v) is 6.53. The van der Waals surface area contributed by atoms with Gasteiger partial charge in [-0.05, 0) is 42.2 Å². The Balaban J connectivity index is 2.07. The highest BCUT2D eigenvalue weighted by molar-refractivity contribution is 6.30. The molecule has 0 unspecified atom stereocenters. The largest absolute Gasteiger partial charge is 0.259 e. The van der Waals surface area contributed by atoms with E-state index in [9.17, 15) is 4.39 Å². The summed E-state index contributed by atoms with van der Waals surface area (Å²) in [5.41, 5.74) is 3.55. The summed E-state index contributed by atoms with van der Waals surface area (Å²) in [5, 5.41) is 13.8. The highest BCUT2D eigenvalue weighted by Gasteiger charge is 2.15. The molecule has 4 nitrogen and oxygen atoms in total. The van der Waals surface area contributed by atoms with E-state index in [1.807, 2.05) is 6.07 Å². The molecule has 2 heterocycles. The van der Waals surface area contributed by atoms with Crippen LogP contribution in [-0.2, 0) is 13.0 Å². The predicted molar refractivity (Wildman–Crippen MR) is 91.3 cm³/mol. The van der Waals surface area contributed by atoms with Crippen LogP contribution in [0.5, 0.6) is 0 Å². The molecule has 0 aliphatic carbocycles. The Hall–Kier alpha value is -2.45. The molecular weight excluding hydrogens is 327 g/mol. The molecule has 3 rings (SSSR count). The highest BCUT2D eigenvalue weighted by Crippen LogP contribution is 2.22. The van der Waals surface area contributed by atoms with E-state index < -0.39 is 5.82 Å². The molecule has 0 atom stereocenters. The van der Waals surface area contributed by atoms with Crippen LogP contribution in [0, 0.1) is 23.1 Å². The van der Waals surface area contributed by atoms with E-state index in [0.29, 0.717) is 18.2 Å². The van der Waals surface area contributed by atoms with Crippen molar-refractivity contribution < 1.29 is 4.39 Å². The minimum absolute atomic E-state index is 0.102. The van der Waals surface area contributed by atoms with Gasteiger partial charge in [0, 0.05) is 0 Å². The van der Waals surface area contributed by atoms with Gasteiger partial charge >= 0.3 is 0 Å². The van der Waals surface area contributed by atoms with Gasteiger partial charge in [0.05, 0.1) is 22.8 Å². The molecule has 24 heavy (non-hydrogen) atoms. The molecule has 0 radical (unpaired) electrons. The zero-order valence-corrected chi connectivity index (χ0v) is 14.2. The van der Waals surface area contributed by atoms with Crippen LogP contribution in [0.4, 0.5) is 4.39 Å². The molecule has 0 aliphatic heterocycles. The van der Waals surface area contributed by atoms with Crippen LogP contribution < -0.4 is 0 Å². The van der Waals surface area contributed by atoms with E-state index in [4.69, 9.17) is 16.9 Å². The van der Waals surface area contributed by atoms with Crippen molar-refractivity contribution in [1.29, 1.82) is 5.26 Å². The highest BCUT2D eigenvalue weighted by atomic mass is 35.5. The van der Waals surface area contributed by atoms with Gasteiger partial charge in [-0.2, -0.15) is 10.4 Å². The monoisotopic (exact) mass is 342 g/mol. The number of hydrogen-bond acceptors (Lipinski definition) is 3. The third-order valence-corrected chi connectivity index (χ3v) is 4.01. The van der Waals surface area contributed by atoms with Crippen molar-refractivity contribution >= 4 is 22.6 Å². The van der Waals surface area contributed by atoms with Gasteiger partial charge in [0.15, 0.2) is 0 Å². The van der Waals surface area contributed by atoms with Crippen LogP contribution in [0.3, 0.4) is 0 Å². The molecule has 3 aromatic rings. The molecule has 6 heteroatoms. The van der Waals surface area contributed by atoms with E-state index in [-0.39, 0.29) is 5.02 Å². The maximum atomic E-state index is 13.7. The zero-order valence-electron chi connectivity index (χ0n) is 13.4. The fraction of sp³-hybridized carbons (Fsp3) is 0.278. The molecule has 2 aromatic heterocycles. The summed E-state index contributed by atoms with van der Waals surface area (Å²) in [6.07, 6.45) is 0.764. The van der Waals surface area contributed by atoms with Gasteiger partial charge in [-0.15, -0.1) is 0 Å². The molecule has 1 aromatic carbocycles. The molecule has 0 N–H and O–H groups in total. The van der Waals surface area contributed by atoms with Gasteiger partial charge in [-0.25, -0.2) is 9.37 Å². The first-order valence-corrected chi connectivity index (χ1v) is 8.06. The molecule has 122 valence electrons. The Morgan fingerprint density at radius 3 is 2.75 bits per heavy atom. The van der Waals surface area contributed by atoms with Gasteiger partial charge in [-0.1, -0.05) is 31.5 Å². The van der Waals surface area contributed by atoms with Crippen LogP contribution in [0.15, 0.2) is 30.3 Å². The van der Waals surface area contributed by atoms with Crippen molar-refractivity contribution in [1.82, 2.24) is 14.8 Å². The number of pyridine rings is 1. The lowest BCUT2D eigenvalue weighted by Gasteiger charge is -2.05. The number of fused-ring (bicyclic) bond motifs is 1. The lowest BCUT2D eigenvalue weighted by Crippen LogP contribution is -2.03. The summed E-state index contributed by atoms with van der Waals surface area (Å²) in [6, 6.07) is 10.3. The van der Waals surface area contributed by atoms with Gasteiger partial charge < -0.3 is 0 Å². The van der Waals surface area contributed by atoms with E-state index in [1.54, 1.807) is 22.9 Å². The second kappa shape index (κ2) is 6.58. The first-order chi connectivity index (χ1) is 11.5. The van der Waals surface area contributed by atoms with Crippen molar-refractivity contribution in [3.05, 3.63) is 58.1 Å². The van der Waals surface area contributed by atoms with E-state index >= 15 is 0 Å². The molecule has 0 saturated heterocycles. The molecule has 0 bridgehead atoms. The Bertz CT molecular complexity index is 940. The lowest BCUT2D eigenvalue weighted by molar-refractivity contribution is 0.607. The predicted octanol–water partition coefficient (Wildman–Crippen LogP) is 4.34. The number of hydrogen-bond donors (Lipinski definition) is 0. The summed E-state index contributed by atoms with van der Waals surface area (Å²) in [7, 11) is 0. The maximum Gasteiger partial charge on any atom is 0.142 e. The Labute approximate surface area is 144 Å². The number of nitrogens with zero attached hydrogens (tertiary/aromatic N) is 4. The van der Waals surface area contributed by atoms with Crippen LogP contribution in [0.1, 0.15) is 30.8 Å². The summed E-state index contributed by atoms with van der Waals surface area (Å²) in [4.78, 5) is 4.40. The van der Waals surface area contributed by atoms with Crippen molar-refractivity contribution in [3.8, 4) is 6.07 Å². The maximum absolute atomic E-state index is 13.7. The van der Waals surface area contributed by atoms with Gasteiger partial charge in [0.2, 0.25) is 0 Å². The molecule has 0 spiro atoms. The van der Waals surface area contributed by atoms with Crippen LogP contribution in [0.25, 0.3) is 11.0 Å². The van der Waals surface area contributed by atoms with Crippen molar-refractivity contribution in [2.24, 2.45) is 5.92 Å². The molecule has 0 saturated carbocycles. The van der Waals surface area contributed by atoms with E-state index in [1.165, 1.54) is 6.07 Å². The third-order valence-electron chi connectivity index (χ3n) is 3.70. The molecule has 0 amide bonds.